The number of ether oxygens (including phenoxy) is 1. The quantitative estimate of drug-likeness (QED) is 0.218. The van der Waals surface area contributed by atoms with Gasteiger partial charge in [0.25, 0.3) is 0 Å². The fourth-order valence-electron chi connectivity index (χ4n) is 3.25. The van der Waals surface area contributed by atoms with Gasteiger partial charge in [0.15, 0.2) is 6.10 Å². The maximum atomic E-state index is 14.4. The van der Waals surface area contributed by atoms with E-state index in [1.54, 1.807) is 0 Å². The first kappa shape index (κ1) is 29.4. The van der Waals surface area contributed by atoms with Crippen molar-refractivity contribution in [2.45, 2.75) is 35.4 Å². The van der Waals surface area contributed by atoms with Crippen LogP contribution < -0.4 is 9.64 Å². The van der Waals surface area contributed by atoms with Gasteiger partial charge in [0, 0.05) is 28.8 Å². The first-order valence-electron chi connectivity index (χ1n) is 10.5. The highest BCUT2D eigenvalue weighted by Crippen LogP contribution is 2.39. The van der Waals surface area contributed by atoms with Crippen molar-refractivity contribution < 1.29 is 53.7 Å². The number of aliphatic hydroxyl groups excluding tert-OH is 1. The van der Waals surface area contributed by atoms with Gasteiger partial charge in [-0.1, -0.05) is 18.2 Å². The number of nitrogens with zero attached hydrogens (tertiary/aromatic N) is 1. The van der Waals surface area contributed by atoms with E-state index in [4.69, 9.17) is 4.74 Å². The lowest BCUT2D eigenvalue weighted by molar-refractivity contribution is -0.200. The standard InChI is InChI=1S/C24H17F10NO2S/c25-20-9-15(22(26,27)28)8-7-14(20)12-35(13-21(36)23(29,30)31)16-3-1-4-17(10-16)37-18-5-2-6-19(11-18)38-24(32,33)34/h1-11,21,36H,12-13H2/t21-/m1/s1. The van der Waals surface area contributed by atoms with Gasteiger partial charge in [0.1, 0.15) is 17.3 Å². The molecule has 0 aliphatic rings. The lowest BCUT2D eigenvalue weighted by atomic mass is 10.1. The van der Waals surface area contributed by atoms with Crippen LogP contribution in [0.3, 0.4) is 0 Å². The molecule has 0 spiro atoms. The third-order valence-electron chi connectivity index (χ3n) is 4.97. The van der Waals surface area contributed by atoms with Crippen molar-refractivity contribution in [1.29, 1.82) is 0 Å². The van der Waals surface area contributed by atoms with E-state index < -0.39 is 48.4 Å². The first-order valence-corrected chi connectivity index (χ1v) is 11.3. The Hall–Kier alpha value is -3.13. The van der Waals surface area contributed by atoms with Crippen LogP contribution in [0.25, 0.3) is 0 Å². The maximum Gasteiger partial charge on any atom is 0.446 e. The van der Waals surface area contributed by atoms with E-state index in [1.165, 1.54) is 42.5 Å². The van der Waals surface area contributed by atoms with Gasteiger partial charge in [-0.05, 0) is 54.2 Å². The summed E-state index contributed by atoms with van der Waals surface area (Å²) in [6.07, 6.45) is -12.8. The molecule has 3 aromatic carbocycles. The zero-order valence-electron chi connectivity index (χ0n) is 18.8. The minimum atomic E-state index is -5.05. The van der Waals surface area contributed by atoms with E-state index in [0.717, 1.165) is 17.0 Å². The number of thioether (sulfide) groups is 1. The fraction of sp³-hybridized carbons (Fsp3) is 0.250. The predicted molar refractivity (Wildman–Crippen MR) is 119 cm³/mol. The van der Waals surface area contributed by atoms with Crippen molar-refractivity contribution in [2.24, 2.45) is 0 Å². The van der Waals surface area contributed by atoms with E-state index in [1.807, 2.05) is 0 Å². The van der Waals surface area contributed by atoms with Crippen molar-refractivity contribution in [1.82, 2.24) is 0 Å². The largest absolute Gasteiger partial charge is 0.457 e. The highest BCUT2D eigenvalue weighted by atomic mass is 32.2. The molecule has 0 aliphatic carbocycles. The number of alkyl halides is 9. The maximum absolute atomic E-state index is 14.4. The zero-order valence-corrected chi connectivity index (χ0v) is 19.6. The highest BCUT2D eigenvalue weighted by Gasteiger charge is 2.39. The van der Waals surface area contributed by atoms with Crippen LogP contribution in [-0.4, -0.2) is 29.4 Å². The van der Waals surface area contributed by atoms with Gasteiger partial charge in [-0.2, -0.15) is 39.5 Å². The number of hydrogen-bond acceptors (Lipinski definition) is 4. The molecule has 0 saturated heterocycles. The summed E-state index contributed by atoms with van der Waals surface area (Å²) in [6, 6.07) is 11.6. The Morgan fingerprint density at radius 1 is 0.816 bits per heavy atom. The van der Waals surface area contributed by atoms with E-state index in [2.05, 4.69) is 0 Å². The fourth-order valence-corrected chi connectivity index (χ4v) is 3.83. The average molecular weight is 573 g/mol. The summed E-state index contributed by atoms with van der Waals surface area (Å²) in [5.74, 6) is -1.36. The molecule has 3 nitrogen and oxygen atoms in total. The first-order chi connectivity index (χ1) is 17.5. The molecule has 0 aliphatic heterocycles. The summed E-state index contributed by atoms with van der Waals surface area (Å²) < 4.78 is 136. The monoisotopic (exact) mass is 573 g/mol. The zero-order chi connectivity index (χ0) is 28.3. The topological polar surface area (TPSA) is 32.7 Å². The Labute approximate surface area is 213 Å². The normalized spacial score (nSPS) is 13.3. The summed E-state index contributed by atoms with van der Waals surface area (Å²) in [5, 5.41) is 9.61. The molecule has 0 amide bonds. The van der Waals surface area contributed by atoms with Crippen LogP contribution in [0.1, 0.15) is 11.1 Å². The van der Waals surface area contributed by atoms with Gasteiger partial charge in [-0.25, -0.2) is 4.39 Å². The Kier molecular flexibility index (Phi) is 8.76. The van der Waals surface area contributed by atoms with E-state index in [-0.39, 0.29) is 45.5 Å². The average Bonchev–Trinajstić information content (AvgIpc) is 2.77. The molecule has 14 heteroatoms. The van der Waals surface area contributed by atoms with Gasteiger partial charge < -0.3 is 14.7 Å². The minimum Gasteiger partial charge on any atom is -0.457 e. The Morgan fingerprint density at radius 3 is 2.03 bits per heavy atom. The molecule has 3 aromatic rings. The minimum absolute atomic E-state index is 0.0175. The summed E-state index contributed by atoms with van der Waals surface area (Å²) in [7, 11) is 0. The van der Waals surface area contributed by atoms with Gasteiger partial charge in [0.2, 0.25) is 0 Å². The molecule has 0 saturated carbocycles. The molecule has 0 radical (unpaired) electrons. The van der Waals surface area contributed by atoms with Crippen LogP contribution in [0, 0.1) is 5.82 Å². The van der Waals surface area contributed by atoms with Gasteiger partial charge in [-0.3, -0.25) is 0 Å². The Morgan fingerprint density at radius 2 is 1.45 bits per heavy atom. The van der Waals surface area contributed by atoms with Crippen LogP contribution in [0.4, 0.5) is 49.6 Å². The number of anilines is 1. The van der Waals surface area contributed by atoms with E-state index in [9.17, 15) is 49.0 Å². The van der Waals surface area contributed by atoms with E-state index in [0.29, 0.717) is 6.07 Å². The lowest BCUT2D eigenvalue weighted by Gasteiger charge is -2.29. The lowest BCUT2D eigenvalue weighted by Crippen LogP contribution is -2.41. The smallest absolute Gasteiger partial charge is 0.446 e. The Balaban J connectivity index is 1.90. The Bertz CT molecular complexity index is 1240. The summed E-state index contributed by atoms with van der Waals surface area (Å²) in [4.78, 5) is 0.700. The number of rotatable bonds is 8. The molecule has 0 aromatic heterocycles. The molecule has 1 N–H and O–H groups in total. The number of aliphatic hydroxyl groups is 1. The second-order valence-electron chi connectivity index (χ2n) is 7.86. The molecule has 206 valence electrons. The van der Waals surface area contributed by atoms with Crippen molar-refractivity contribution in [3.05, 3.63) is 83.7 Å². The number of hydrogen-bond donors (Lipinski definition) is 1. The molecule has 1 atom stereocenters. The second kappa shape index (κ2) is 11.3. The summed E-state index contributed by atoms with van der Waals surface area (Å²) >= 11 is -0.381. The number of benzene rings is 3. The molecule has 38 heavy (non-hydrogen) atoms. The van der Waals surface area contributed by atoms with E-state index >= 15 is 0 Å². The molecule has 0 bridgehead atoms. The van der Waals surface area contributed by atoms with Crippen LogP contribution in [0.2, 0.25) is 0 Å². The summed E-state index contributed by atoms with van der Waals surface area (Å²) in [6.45, 7) is -1.76. The predicted octanol–water partition coefficient (Wildman–Crippen LogP) is 8.18. The highest BCUT2D eigenvalue weighted by molar-refractivity contribution is 8.00. The van der Waals surface area contributed by atoms with Gasteiger partial charge in [-0.15, -0.1) is 0 Å². The van der Waals surface area contributed by atoms with Gasteiger partial charge in [0.05, 0.1) is 12.1 Å². The molecular weight excluding hydrogens is 556 g/mol. The van der Waals surface area contributed by atoms with Crippen LogP contribution in [0.5, 0.6) is 11.5 Å². The third-order valence-corrected chi connectivity index (χ3v) is 5.69. The van der Waals surface area contributed by atoms with Crippen molar-refractivity contribution in [3.63, 3.8) is 0 Å². The molecule has 0 heterocycles. The van der Waals surface area contributed by atoms with Crippen LogP contribution in [-0.2, 0) is 12.7 Å². The molecule has 0 fully saturated rings. The summed E-state index contributed by atoms with van der Waals surface area (Å²) in [5.41, 5.74) is -6.25. The molecular formula is C24H17F10NO2S. The second-order valence-corrected chi connectivity index (χ2v) is 9.00. The number of halogens is 10. The SMILES string of the molecule is O[C@H](CN(Cc1ccc(C(F)(F)F)cc1F)c1cccc(Oc2cccc(SC(F)(F)F)c2)c1)C(F)(F)F. The van der Waals surface area contributed by atoms with Crippen molar-refractivity contribution in [2.75, 3.05) is 11.4 Å². The van der Waals surface area contributed by atoms with Crippen molar-refractivity contribution in [3.8, 4) is 11.5 Å². The van der Waals surface area contributed by atoms with Crippen molar-refractivity contribution >= 4 is 17.4 Å². The third kappa shape index (κ3) is 8.45. The van der Waals surface area contributed by atoms with Crippen LogP contribution in [0.15, 0.2) is 71.6 Å². The molecule has 3 rings (SSSR count). The molecule has 0 unspecified atom stereocenters. The van der Waals surface area contributed by atoms with Gasteiger partial charge >= 0.3 is 17.9 Å². The van der Waals surface area contributed by atoms with Crippen LogP contribution >= 0.6 is 11.8 Å².